The van der Waals surface area contributed by atoms with Gasteiger partial charge in [0.05, 0.1) is 17.4 Å². The van der Waals surface area contributed by atoms with E-state index in [0.717, 1.165) is 5.39 Å². The first kappa shape index (κ1) is 12.2. The number of nitrogens with two attached hydrogens (primary N) is 2. The van der Waals surface area contributed by atoms with E-state index < -0.39 is 11.7 Å². The van der Waals surface area contributed by atoms with Gasteiger partial charge in [-0.15, -0.1) is 0 Å². The Morgan fingerprint density at radius 1 is 1.25 bits per heavy atom. The largest absolute Gasteiger partial charge is 0.399 e. The minimum atomic E-state index is -0.842. The Labute approximate surface area is 113 Å². The highest BCUT2D eigenvalue weighted by Crippen LogP contribution is 2.24. The van der Waals surface area contributed by atoms with Crippen molar-refractivity contribution in [2.75, 3.05) is 5.73 Å². The van der Waals surface area contributed by atoms with E-state index in [1.807, 2.05) is 0 Å². The third kappa shape index (κ3) is 1.78. The molecule has 5 nitrogen and oxygen atoms in total. The van der Waals surface area contributed by atoms with Gasteiger partial charge in [0.15, 0.2) is 0 Å². The number of primary amides is 1. The van der Waals surface area contributed by atoms with Gasteiger partial charge in [0.25, 0.3) is 5.91 Å². The number of amides is 1. The Morgan fingerprint density at radius 2 is 2.05 bits per heavy atom. The molecule has 0 saturated carbocycles. The molecule has 0 spiro atoms. The van der Waals surface area contributed by atoms with Crippen LogP contribution < -0.4 is 11.5 Å². The fourth-order valence-electron chi connectivity index (χ4n) is 2.16. The van der Waals surface area contributed by atoms with Gasteiger partial charge < -0.3 is 11.5 Å². The third-order valence-electron chi connectivity index (χ3n) is 3.06. The highest BCUT2D eigenvalue weighted by Gasteiger charge is 2.17. The van der Waals surface area contributed by atoms with E-state index in [9.17, 15) is 9.18 Å². The lowest BCUT2D eigenvalue weighted by Crippen LogP contribution is -2.17. The summed E-state index contributed by atoms with van der Waals surface area (Å²) in [5.74, 6) is -1.52. The van der Waals surface area contributed by atoms with Crippen LogP contribution in [0.3, 0.4) is 0 Å². The van der Waals surface area contributed by atoms with Crippen molar-refractivity contribution in [1.29, 1.82) is 0 Å². The molecule has 6 heteroatoms. The second-order valence-corrected chi connectivity index (χ2v) is 4.37. The molecular weight excluding hydrogens is 259 g/mol. The minimum Gasteiger partial charge on any atom is -0.399 e. The van der Waals surface area contributed by atoms with Gasteiger partial charge in [-0.25, -0.2) is 9.07 Å². The van der Waals surface area contributed by atoms with Gasteiger partial charge in [0.1, 0.15) is 11.4 Å². The summed E-state index contributed by atoms with van der Waals surface area (Å²) in [6, 6.07) is 9.52. The van der Waals surface area contributed by atoms with Crippen LogP contribution in [0.15, 0.2) is 42.6 Å². The van der Waals surface area contributed by atoms with Gasteiger partial charge >= 0.3 is 0 Å². The molecular formula is C14H11FN4O. The molecule has 0 aliphatic heterocycles. The zero-order valence-corrected chi connectivity index (χ0v) is 10.4. The van der Waals surface area contributed by atoms with E-state index in [1.54, 1.807) is 30.5 Å². The van der Waals surface area contributed by atoms with E-state index in [-0.39, 0.29) is 11.3 Å². The maximum atomic E-state index is 13.8. The molecule has 0 aliphatic carbocycles. The summed E-state index contributed by atoms with van der Waals surface area (Å²) < 4.78 is 15.3. The maximum absolute atomic E-state index is 13.8. The normalized spacial score (nSPS) is 10.8. The third-order valence-corrected chi connectivity index (χ3v) is 3.06. The number of carbonyl (C=O) groups excluding carboxylic acids is 1. The molecule has 0 atom stereocenters. The van der Waals surface area contributed by atoms with Crippen LogP contribution in [0.2, 0.25) is 0 Å². The van der Waals surface area contributed by atoms with Crippen LogP contribution in [0, 0.1) is 5.82 Å². The number of hydrogen-bond acceptors (Lipinski definition) is 3. The number of nitrogen functional groups attached to an aromatic ring is 1. The summed E-state index contributed by atoms with van der Waals surface area (Å²) in [6.07, 6.45) is 1.62. The van der Waals surface area contributed by atoms with Crippen molar-refractivity contribution in [2.45, 2.75) is 0 Å². The van der Waals surface area contributed by atoms with Crippen LogP contribution >= 0.6 is 0 Å². The molecule has 20 heavy (non-hydrogen) atoms. The van der Waals surface area contributed by atoms with Gasteiger partial charge in [-0.3, -0.25) is 4.79 Å². The Balaban J connectivity index is 2.34. The SMILES string of the molecule is NC(=O)c1c(F)cccc1-n1ncc2ccc(N)cc21. The highest BCUT2D eigenvalue weighted by atomic mass is 19.1. The van der Waals surface area contributed by atoms with Crippen LogP contribution in [0.1, 0.15) is 10.4 Å². The van der Waals surface area contributed by atoms with Gasteiger partial charge in [0.2, 0.25) is 0 Å². The molecule has 1 aromatic heterocycles. The van der Waals surface area contributed by atoms with E-state index in [0.29, 0.717) is 11.2 Å². The number of anilines is 1. The van der Waals surface area contributed by atoms with Crippen LogP contribution in [-0.4, -0.2) is 15.7 Å². The standard InChI is InChI=1S/C14H11FN4O/c15-10-2-1-3-11(13(10)14(17)20)19-12-6-9(16)5-4-8(12)7-18-19/h1-7H,16H2,(H2,17,20). The predicted molar refractivity (Wildman–Crippen MR) is 74.0 cm³/mol. The molecule has 0 fully saturated rings. The van der Waals surface area contributed by atoms with E-state index in [1.165, 1.54) is 16.8 Å². The molecule has 1 amide bonds. The van der Waals surface area contributed by atoms with Crippen LogP contribution in [0.4, 0.5) is 10.1 Å². The van der Waals surface area contributed by atoms with E-state index in [2.05, 4.69) is 5.10 Å². The smallest absolute Gasteiger partial charge is 0.253 e. The van der Waals surface area contributed by atoms with E-state index in [4.69, 9.17) is 11.5 Å². The summed E-state index contributed by atoms with van der Waals surface area (Å²) in [7, 11) is 0. The average Bonchev–Trinajstić information content (AvgIpc) is 2.80. The molecule has 0 bridgehead atoms. The monoisotopic (exact) mass is 270 g/mol. The Bertz CT molecular complexity index is 825. The maximum Gasteiger partial charge on any atom is 0.253 e. The van der Waals surface area contributed by atoms with Gasteiger partial charge in [0, 0.05) is 11.1 Å². The van der Waals surface area contributed by atoms with Crippen molar-refractivity contribution in [3.63, 3.8) is 0 Å². The van der Waals surface area contributed by atoms with Crippen LogP contribution in [0.25, 0.3) is 16.6 Å². The first-order valence-corrected chi connectivity index (χ1v) is 5.90. The Kier molecular flexibility index (Phi) is 2.64. The lowest BCUT2D eigenvalue weighted by atomic mass is 10.1. The van der Waals surface area contributed by atoms with Crippen molar-refractivity contribution in [3.8, 4) is 5.69 Å². The summed E-state index contributed by atoms with van der Waals surface area (Å²) in [4.78, 5) is 11.5. The Hall–Kier alpha value is -2.89. The van der Waals surface area contributed by atoms with Gasteiger partial charge in [-0.2, -0.15) is 5.10 Å². The lowest BCUT2D eigenvalue weighted by Gasteiger charge is -2.09. The summed E-state index contributed by atoms with van der Waals surface area (Å²) in [5.41, 5.74) is 12.3. The molecule has 2 aromatic carbocycles. The molecule has 0 radical (unpaired) electrons. The quantitative estimate of drug-likeness (QED) is 0.696. The van der Waals surface area contributed by atoms with Crippen molar-refractivity contribution in [2.24, 2.45) is 5.73 Å². The summed E-state index contributed by atoms with van der Waals surface area (Å²) in [5, 5.41) is 5.01. The fourth-order valence-corrected chi connectivity index (χ4v) is 2.16. The zero-order chi connectivity index (χ0) is 14.3. The summed E-state index contributed by atoms with van der Waals surface area (Å²) in [6.45, 7) is 0. The van der Waals surface area contributed by atoms with Crippen molar-refractivity contribution in [3.05, 3.63) is 54.0 Å². The van der Waals surface area contributed by atoms with Gasteiger partial charge in [-0.1, -0.05) is 6.07 Å². The molecule has 0 saturated heterocycles. The molecule has 0 unspecified atom stereocenters. The number of hydrogen-bond donors (Lipinski definition) is 2. The number of benzene rings is 2. The van der Waals surface area contributed by atoms with E-state index >= 15 is 0 Å². The molecule has 3 rings (SSSR count). The molecule has 0 aliphatic rings. The van der Waals surface area contributed by atoms with Crippen LogP contribution in [0.5, 0.6) is 0 Å². The first-order valence-electron chi connectivity index (χ1n) is 5.90. The second kappa shape index (κ2) is 4.34. The molecule has 4 N–H and O–H groups in total. The van der Waals surface area contributed by atoms with Crippen molar-refractivity contribution >= 4 is 22.5 Å². The topological polar surface area (TPSA) is 86.9 Å². The molecule has 3 aromatic rings. The number of nitrogens with zero attached hydrogens (tertiary/aromatic N) is 2. The summed E-state index contributed by atoms with van der Waals surface area (Å²) >= 11 is 0. The zero-order valence-electron chi connectivity index (χ0n) is 10.4. The van der Waals surface area contributed by atoms with Gasteiger partial charge in [-0.05, 0) is 30.3 Å². The van der Waals surface area contributed by atoms with Crippen LogP contribution in [-0.2, 0) is 0 Å². The number of carbonyl (C=O) groups is 1. The number of fused-ring (bicyclic) bond motifs is 1. The minimum absolute atomic E-state index is 0.195. The molecule has 1 heterocycles. The number of aromatic nitrogens is 2. The first-order chi connectivity index (χ1) is 9.58. The Morgan fingerprint density at radius 3 is 2.80 bits per heavy atom. The van der Waals surface area contributed by atoms with Crippen molar-refractivity contribution < 1.29 is 9.18 Å². The average molecular weight is 270 g/mol. The predicted octanol–water partition coefficient (Wildman–Crippen LogP) is 1.85. The lowest BCUT2D eigenvalue weighted by molar-refractivity contribution is 0.0996. The molecule has 100 valence electrons. The fraction of sp³-hybridized carbons (Fsp3) is 0. The number of halogens is 1. The number of rotatable bonds is 2. The second-order valence-electron chi connectivity index (χ2n) is 4.37. The van der Waals surface area contributed by atoms with Crippen molar-refractivity contribution in [1.82, 2.24) is 9.78 Å². The highest BCUT2D eigenvalue weighted by molar-refractivity contribution is 5.97.